The summed E-state index contributed by atoms with van der Waals surface area (Å²) in [4.78, 5) is 11.0. The van der Waals surface area contributed by atoms with E-state index < -0.39 is 0 Å². The Hall–Kier alpha value is -0.570. The van der Waals surface area contributed by atoms with Crippen LogP contribution < -0.4 is 5.32 Å². The van der Waals surface area contributed by atoms with Crippen LogP contribution in [0.1, 0.15) is 13.8 Å². The zero-order valence-electron chi connectivity index (χ0n) is 6.35. The van der Waals surface area contributed by atoms with Crippen LogP contribution in [0.3, 0.4) is 0 Å². The molecule has 10 heavy (non-hydrogen) atoms. The minimum absolute atomic E-state index is 0.0477. The number of carbonyl (C=O) groups excluding carboxylic acids is 1. The van der Waals surface area contributed by atoms with Crippen LogP contribution in [0.2, 0.25) is 0 Å². The molecule has 1 heterocycles. The highest BCUT2D eigenvalue weighted by Gasteiger charge is 2.41. The Balaban J connectivity index is 2.73. The van der Waals surface area contributed by atoms with Gasteiger partial charge in [0.15, 0.2) is 0 Å². The summed E-state index contributed by atoms with van der Waals surface area (Å²) >= 11 is 0. The Labute approximate surface area is 60.4 Å². The van der Waals surface area contributed by atoms with Crippen molar-refractivity contribution in [2.45, 2.75) is 13.8 Å². The molecule has 1 aliphatic heterocycles. The summed E-state index contributed by atoms with van der Waals surface area (Å²) in [7, 11) is 0. The summed E-state index contributed by atoms with van der Waals surface area (Å²) in [6.45, 7) is 4.42. The molecular weight excluding hydrogens is 130 g/mol. The van der Waals surface area contributed by atoms with Gasteiger partial charge in [-0.05, 0) is 0 Å². The van der Waals surface area contributed by atoms with Crippen molar-refractivity contribution in [2.75, 3.05) is 13.2 Å². The quantitative estimate of drug-likeness (QED) is 0.532. The summed E-state index contributed by atoms with van der Waals surface area (Å²) in [6, 6.07) is 0. The molecule has 0 bridgehead atoms. The largest absolute Gasteiger partial charge is 0.396 e. The number of hydrogen-bond donors (Lipinski definition) is 2. The first kappa shape index (κ1) is 7.54. The molecule has 1 amide bonds. The van der Waals surface area contributed by atoms with Gasteiger partial charge < -0.3 is 10.4 Å². The van der Waals surface area contributed by atoms with E-state index in [0.717, 1.165) is 0 Å². The molecular formula is C7H13NO2. The molecule has 1 rings (SSSR count). The number of amides is 1. The Bertz CT molecular complexity index is 154. The maximum absolute atomic E-state index is 11.0. The standard InChI is InChI=1S/C7H13NO2/c1-7(2)5(4-9)3-8-6(7)10/h5,9H,3-4H2,1-2H3,(H,8,10)/t5-/m1/s1. The molecule has 0 spiro atoms. The highest BCUT2D eigenvalue weighted by atomic mass is 16.3. The third kappa shape index (κ3) is 0.904. The molecule has 2 N–H and O–H groups in total. The molecule has 0 aliphatic carbocycles. The second-order valence-electron chi connectivity index (χ2n) is 3.31. The highest BCUT2D eigenvalue weighted by molar-refractivity contribution is 5.84. The van der Waals surface area contributed by atoms with Crippen LogP contribution in [0.15, 0.2) is 0 Å². The third-order valence-electron chi connectivity index (χ3n) is 2.34. The zero-order chi connectivity index (χ0) is 7.78. The van der Waals surface area contributed by atoms with Gasteiger partial charge in [0.1, 0.15) is 0 Å². The fourth-order valence-corrected chi connectivity index (χ4v) is 1.18. The molecule has 1 saturated heterocycles. The van der Waals surface area contributed by atoms with Gasteiger partial charge in [-0.3, -0.25) is 4.79 Å². The molecule has 1 atom stereocenters. The van der Waals surface area contributed by atoms with E-state index in [9.17, 15) is 4.79 Å². The van der Waals surface area contributed by atoms with Gasteiger partial charge in [-0.25, -0.2) is 0 Å². The smallest absolute Gasteiger partial charge is 0.226 e. The SMILES string of the molecule is CC1(C)C(=O)NC[C@@H]1CO. The molecule has 58 valence electrons. The summed E-state index contributed by atoms with van der Waals surface area (Å²) < 4.78 is 0. The van der Waals surface area contributed by atoms with Crippen LogP contribution in [-0.4, -0.2) is 24.2 Å². The molecule has 1 aliphatic rings. The molecule has 3 heteroatoms. The predicted molar refractivity (Wildman–Crippen MR) is 37.4 cm³/mol. The van der Waals surface area contributed by atoms with E-state index >= 15 is 0 Å². The van der Waals surface area contributed by atoms with Crippen molar-refractivity contribution >= 4 is 5.91 Å². The van der Waals surface area contributed by atoms with E-state index in [1.165, 1.54) is 0 Å². The van der Waals surface area contributed by atoms with E-state index in [1.807, 2.05) is 13.8 Å². The first-order chi connectivity index (χ1) is 4.59. The van der Waals surface area contributed by atoms with Crippen LogP contribution in [0.25, 0.3) is 0 Å². The van der Waals surface area contributed by atoms with Crippen LogP contribution in [0.4, 0.5) is 0 Å². The lowest BCUT2D eigenvalue weighted by Gasteiger charge is -2.20. The number of hydrogen-bond acceptors (Lipinski definition) is 2. The summed E-state index contributed by atoms with van der Waals surface area (Å²) in [5.74, 6) is 0.131. The van der Waals surface area contributed by atoms with Gasteiger partial charge in [-0.2, -0.15) is 0 Å². The van der Waals surface area contributed by atoms with Crippen LogP contribution in [0.5, 0.6) is 0 Å². The average Bonchev–Trinajstić information content (AvgIpc) is 2.10. The van der Waals surface area contributed by atoms with Crippen molar-refractivity contribution in [2.24, 2.45) is 11.3 Å². The lowest BCUT2D eigenvalue weighted by Crippen LogP contribution is -2.29. The van der Waals surface area contributed by atoms with Crippen LogP contribution in [0, 0.1) is 11.3 Å². The van der Waals surface area contributed by atoms with E-state index in [1.54, 1.807) is 0 Å². The predicted octanol–water partition coefficient (Wildman–Crippen LogP) is -0.249. The molecule has 1 fully saturated rings. The maximum atomic E-state index is 11.0. The van der Waals surface area contributed by atoms with Crippen molar-refractivity contribution < 1.29 is 9.90 Å². The van der Waals surface area contributed by atoms with Gasteiger partial charge in [-0.1, -0.05) is 13.8 Å². The topological polar surface area (TPSA) is 49.3 Å². The van der Waals surface area contributed by atoms with Gasteiger partial charge in [-0.15, -0.1) is 0 Å². The lowest BCUT2D eigenvalue weighted by atomic mass is 9.82. The molecule has 0 aromatic heterocycles. The Morgan fingerprint density at radius 3 is 2.60 bits per heavy atom. The monoisotopic (exact) mass is 143 g/mol. The third-order valence-corrected chi connectivity index (χ3v) is 2.34. The number of rotatable bonds is 1. The summed E-state index contributed by atoms with van der Waals surface area (Å²) in [5.41, 5.74) is -0.380. The average molecular weight is 143 g/mol. The molecule has 0 saturated carbocycles. The Kier molecular flexibility index (Phi) is 1.68. The van der Waals surface area contributed by atoms with E-state index in [2.05, 4.69) is 5.32 Å². The number of nitrogens with one attached hydrogen (secondary N) is 1. The van der Waals surface area contributed by atoms with Crippen LogP contribution >= 0.6 is 0 Å². The van der Waals surface area contributed by atoms with Gasteiger partial charge in [0.05, 0.1) is 5.41 Å². The normalized spacial score (nSPS) is 30.3. The zero-order valence-corrected chi connectivity index (χ0v) is 6.35. The molecule has 0 aromatic rings. The number of aliphatic hydroxyl groups is 1. The lowest BCUT2D eigenvalue weighted by molar-refractivity contribution is -0.127. The fourth-order valence-electron chi connectivity index (χ4n) is 1.18. The summed E-state index contributed by atoms with van der Waals surface area (Å²) in [5, 5.41) is 11.5. The number of aliphatic hydroxyl groups excluding tert-OH is 1. The number of carbonyl (C=O) groups is 1. The van der Waals surface area contributed by atoms with E-state index in [0.29, 0.717) is 6.54 Å². The molecule has 0 aromatic carbocycles. The van der Waals surface area contributed by atoms with Crippen LogP contribution in [-0.2, 0) is 4.79 Å². The van der Waals surface area contributed by atoms with Gasteiger partial charge in [0.2, 0.25) is 5.91 Å². The minimum atomic E-state index is -0.380. The molecule has 3 nitrogen and oxygen atoms in total. The van der Waals surface area contributed by atoms with Gasteiger partial charge in [0, 0.05) is 19.1 Å². The van der Waals surface area contributed by atoms with Crippen molar-refractivity contribution in [3.63, 3.8) is 0 Å². The highest BCUT2D eigenvalue weighted by Crippen LogP contribution is 2.30. The second-order valence-corrected chi connectivity index (χ2v) is 3.31. The second kappa shape index (κ2) is 2.23. The molecule has 0 radical (unpaired) electrons. The van der Waals surface area contributed by atoms with Gasteiger partial charge in [0.25, 0.3) is 0 Å². The summed E-state index contributed by atoms with van der Waals surface area (Å²) in [6.07, 6.45) is 0. The van der Waals surface area contributed by atoms with Crippen molar-refractivity contribution in [3.8, 4) is 0 Å². The first-order valence-electron chi connectivity index (χ1n) is 3.48. The fraction of sp³-hybridized carbons (Fsp3) is 0.857. The first-order valence-corrected chi connectivity index (χ1v) is 3.48. The van der Waals surface area contributed by atoms with Gasteiger partial charge >= 0.3 is 0 Å². The molecule has 0 unspecified atom stereocenters. The van der Waals surface area contributed by atoms with E-state index in [-0.39, 0.29) is 23.8 Å². The minimum Gasteiger partial charge on any atom is -0.396 e. The van der Waals surface area contributed by atoms with Crippen molar-refractivity contribution in [1.29, 1.82) is 0 Å². The van der Waals surface area contributed by atoms with Crippen molar-refractivity contribution in [3.05, 3.63) is 0 Å². The Morgan fingerprint density at radius 1 is 1.80 bits per heavy atom. The van der Waals surface area contributed by atoms with Crippen molar-refractivity contribution in [1.82, 2.24) is 5.32 Å². The Morgan fingerprint density at radius 2 is 2.40 bits per heavy atom. The van der Waals surface area contributed by atoms with E-state index in [4.69, 9.17) is 5.11 Å². The maximum Gasteiger partial charge on any atom is 0.226 e.